The second-order valence-electron chi connectivity index (χ2n) is 13.4. The minimum atomic E-state index is -0.0565. The number of hydrogen-bond acceptors (Lipinski definition) is 2. The molecule has 1 aliphatic carbocycles. The predicted octanol–water partition coefficient (Wildman–Crippen LogP) is 12.3. The third-order valence-electron chi connectivity index (χ3n) is 10.1. The van der Waals surface area contributed by atoms with Crippen LogP contribution in [0.15, 0.2) is 170 Å². The SMILES string of the molecule is CC1(C)c2ccccc2-c2ccc(-c3ccc(-c4nc(-c5ccccc5)cc(-c5ccc(-c6ccccc6)cc5)n4)c4ccccc34)cc21. The predicted molar refractivity (Wildman–Crippen MR) is 204 cm³/mol. The lowest BCUT2D eigenvalue weighted by Gasteiger charge is -2.22. The van der Waals surface area contributed by atoms with Crippen LogP contribution in [0.25, 0.3) is 78.1 Å². The van der Waals surface area contributed by atoms with Crippen LogP contribution >= 0.6 is 0 Å². The maximum absolute atomic E-state index is 5.23. The zero-order valence-corrected chi connectivity index (χ0v) is 27.6. The van der Waals surface area contributed by atoms with Crippen molar-refractivity contribution in [3.8, 4) is 67.3 Å². The summed E-state index contributed by atoms with van der Waals surface area (Å²) in [7, 11) is 0. The van der Waals surface area contributed by atoms with E-state index in [4.69, 9.17) is 9.97 Å². The number of benzene rings is 7. The molecule has 7 aromatic carbocycles. The van der Waals surface area contributed by atoms with Crippen LogP contribution in [0, 0.1) is 0 Å². The van der Waals surface area contributed by atoms with E-state index >= 15 is 0 Å². The molecule has 232 valence electrons. The van der Waals surface area contributed by atoms with Gasteiger partial charge in [-0.3, -0.25) is 0 Å². The molecule has 0 saturated carbocycles. The van der Waals surface area contributed by atoms with Crippen LogP contribution in [0.5, 0.6) is 0 Å². The topological polar surface area (TPSA) is 25.8 Å². The van der Waals surface area contributed by atoms with Gasteiger partial charge in [-0.2, -0.15) is 0 Å². The van der Waals surface area contributed by atoms with Crippen molar-refractivity contribution in [2.75, 3.05) is 0 Å². The van der Waals surface area contributed by atoms with Crippen molar-refractivity contribution in [1.29, 1.82) is 0 Å². The summed E-state index contributed by atoms with van der Waals surface area (Å²) in [5.41, 5.74) is 15.2. The molecule has 0 spiro atoms. The molecule has 2 heteroatoms. The lowest BCUT2D eigenvalue weighted by Crippen LogP contribution is -2.14. The molecule has 9 rings (SSSR count). The van der Waals surface area contributed by atoms with Gasteiger partial charge in [-0.15, -0.1) is 0 Å². The quantitative estimate of drug-likeness (QED) is 0.190. The summed E-state index contributed by atoms with van der Waals surface area (Å²) in [6.45, 7) is 4.68. The van der Waals surface area contributed by atoms with E-state index in [9.17, 15) is 0 Å². The van der Waals surface area contributed by atoms with E-state index < -0.39 is 0 Å². The first-order valence-electron chi connectivity index (χ1n) is 16.9. The fourth-order valence-corrected chi connectivity index (χ4v) is 7.55. The number of aromatic nitrogens is 2. The summed E-state index contributed by atoms with van der Waals surface area (Å²) in [5, 5.41) is 2.33. The van der Waals surface area contributed by atoms with Gasteiger partial charge in [0.05, 0.1) is 11.4 Å². The van der Waals surface area contributed by atoms with Crippen molar-refractivity contribution in [3.63, 3.8) is 0 Å². The molecular weight excluding hydrogens is 593 g/mol. The maximum atomic E-state index is 5.23. The first-order valence-corrected chi connectivity index (χ1v) is 16.9. The molecule has 0 unspecified atom stereocenters. The summed E-state index contributed by atoms with van der Waals surface area (Å²) in [6.07, 6.45) is 0. The lowest BCUT2D eigenvalue weighted by atomic mass is 9.81. The zero-order valence-electron chi connectivity index (χ0n) is 27.6. The van der Waals surface area contributed by atoms with Crippen LogP contribution in [0.4, 0.5) is 0 Å². The average molecular weight is 627 g/mol. The van der Waals surface area contributed by atoms with Crippen molar-refractivity contribution in [2.24, 2.45) is 0 Å². The van der Waals surface area contributed by atoms with Crippen LogP contribution in [-0.4, -0.2) is 9.97 Å². The van der Waals surface area contributed by atoms with Crippen LogP contribution in [0.1, 0.15) is 25.0 Å². The molecule has 1 heterocycles. The number of hydrogen-bond donors (Lipinski definition) is 0. The highest BCUT2D eigenvalue weighted by Crippen LogP contribution is 2.50. The molecule has 49 heavy (non-hydrogen) atoms. The zero-order chi connectivity index (χ0) is 33.0. The van der Waals surface area contributed by atoms with Crippen molar-refractivity contribution < 1.29 is 0 Å². The van der Waals surface area contributed by atoms with E-state index in [-0.39, 0.29) is 5.41 Å². The summed E-state index contributed by atoms with van der Waals surface area (Å²) >= 11 is 0. The first kappa shape index (κ1) is 29.1. The van der Waals surface area contributed by atoms with Crippen molar-refractivity contribution in [1.82, 2.24) is 9.97 Å². The molecule has 2 nitrogen and oxygen atoms in total. The highest BCUT2D eigenvalue weighted by Gasteiger charge is 2.35. The molecule has 8 aromatic rings. The molecule has 0 bridgehead atoms. The second-order valence-corrected chi connectivity index (χ2v) is 13.4. The Morgan fingerprint density at radius 2 is 0.816 bits per heavy atom. The van der Waals surface area contributed by atoms with Gasteiger partial charge in [0.15, 0.2) is 5.82 Å². The fraction of sp³-hybridized carbons (Fsp3) is 0.0638. The second kappa shape index (κ2) is 11.5. The summed E-state index contributed by atoms with van der Waals surface area (Å²) in [4.78, 5) is 10.4. The van der Waals surface area contributed by atoms with Crippen molar-refractivity contribution in [2.45, 2.75) is 19.3 Å². The maximum Gasteiger partial charge on any atom is 0.161 e. The van der Waals surface area contributed by atoms with E-state index in [1.165, 1.54) is 49.9 Å². The smallest absolute Gasteiger partial charge is 0.161 e. The minimum absolute atomic E-state index is 0.0565. The van der Waals surface area contributed by atoms with Gasteiger partial charge in [-0.1, -0.05) is 166 Å². The Labute approximate surface area is 287 Å². The van der Waals surface area contributed by atoms with Crippen LogP contribution in [0.3, 0.4) is 0 Å². The highest BCUT2D eigenvalue weighted by molar-refractivity contribution is 6.04. The Balaban J connectivity index is 1.18. The molecule has 0 radical (unpaired) electrons. The van der Waals surface area contributed by atoms with Gasteiger partial charge < -0.3 is 0 Å². The van der Waals surface area contributed by atoms with Gasteiger partial charge >= 0.3 is 0 Å². The van der Waals surface area contributed by atoms with Gasteiger partial charge in [0, 0.05) is 22.1 Å². The largest absolute Gasteiger partial charge is 0.228 e. The molecule has 0 fully saturated rings. The normalized spacial score (nSPS) is 12.9. The van der Waals surface area contributed by atoms with Crippen LogP contribution in [-0.2, 0) is 5.41 Å². The summed E-state index contributed by atoms with van der Waals surface area (Å²) in [6, 6.07) is 60.6. The molecule has 0 aliphatic heterocycles. The Hall–Kier alpha value is -6.12. The summed E-state index contributed by atoms with van der Waals surface area (Å²) in [5.74, 6) is 0.719. The molecule has 0 N–H and O–H groups in total. The van der Waals surface area contributed by atoms with Crippen molar-refractivity contribution in [3.05, 3.63) is 181 Å². The van der Waals surface area contributed by atoms with Gasteiger partial charge in [-0.25, -0.2) is 9.97 Å². The van der Waals surface area contributed by atoms with E-state index in [0.717, 1.165) is 39.3 Å². The van der Waals surface area contributed by atoms with E-state index in [0.29, 0.717) is 0 Å². The highest BCUT2D eigenvalue weighted by atomic mass is 14.9. The van der Waals surface area contributed by atoms with Crippen LogP contribution < -0.4 is 0 Å². The average Bonchev–Trinajstić information content (AvgIpc) is 3.40. The van der Waals surface area contributed by atoms with Crippen LogP contribution in [0.2, 0.25) is 0 Å². The third kappa shape index (κ3) is 4.96. The molecule has 0 amide bonds. The van der Waals surface area contributed by atoms with E-state index in [1.807, 2.05) is 12.1 Å². The number of nitrogens with zero attached hydrogens (tertiary/aromatic N) is 2. The third-order valence-corrected chi connectivity index (χ3v) is 10.1. The molecule has 1 aliphatic rings. The van der Waals surface area contributed by atoms with Gasteiger partial charge in [-0.05, 0) is 73.5 Å². The van der Waals surface area contributed by atoms with E-state index in [2.05, 4.69) is 172 Å². The Bertz CT molecular complexity index is 2490. The number of fused-ring (bicyclic) bond motifs is 4. The van der Waals surface area contributed by atoms with Crippen molar-refractivity contribution >= 4 is 10.8 Å². The Morgan fingerprint density at radius 3 is 1.53 bits per heavy atom. The molecule has 1 aromatic heterocycles. The fourth-order valence-electron chi connectivity index (χ4n) is 7.55. The number of rotatable bonds is 5. The first-order chi connectivity index (χ1) is 24.0. The standard InChI is InChI=1S/C47H34N2/c1-47(2)42-20-12-11-19-39(42)40-26-25-35(29-43(40)47)36-27-28-41(38-18-10-9-17-37(36)38)46-48-44(33-15-7-4-8-16-33)30-45(49-46)34-23-21-32(22-24-34)31-13-5-3-6-14-31/h3-30H,1-2H3. The molecule has 0 saturated heterocycles. The monoisotopic (exact) mass is 626 g/mol. The summed E-state index contributed by atoms with van der Waals surface area (Å²) < 4.78 is 0. The lowest BCUT2D eigenvalue weighted by molar-refractivity contribution is 0.660. The van der Waals surface area contributed by atoms with Gasteiger partial charge in [0.25, 0.3) is 0 Å². The Kier molecular flexibility index (Phi) is 6.84. The van der Waals surface area contributed by atoms with Gasteiger partial charge in [0.2, 0.25) is 0 Å². The van der Waals surface area contributed by atoms with E-state index in [1.54, 1.807) is 0 Å². The Morgan fingerprint density at radius 1 is 0.347 bits per heavy atom. The van der Waals surface area contributed by atoms with Gasteiger partial charge in [0.1, 0.15) is 0 Å². The minimum Gasteiger partial charge on any atom is -0.228 e. The molecular formula is C47H34N2. The molecule has 0 atom stereocenters.